The molecule has 6 heteroatoms. The van der Waals surface area contributed by atoms with Crippen LogP contribution in [-0.2, 0) is 14.4 Å². The highest BCUT2D eigenvalue weighted by Gasteiger charge is 2.43. The monoisotopic (exact) mass is 346 g/mol. The lowest BCUT2D eigenvalue weighted by atomic mass is 9.67. The Morgan fingerprint density at radius 2 is 1.56 bits per heavy atom. The average molecular weight is 346 g/mol. The van der Waals surface area contributed by atoms with Gasteiger partial charge in [0.15, 0.2) is 0 Å². The van der Waals surface area contributed by atoms with Crippen molar-refractivity contribution in [1.29, 1.82) is 0 Å². The fourth-order valence-corrected chi connectivity index (χ4v) is 3.58. The van der Waals surface area contributed by atoms with Crippen LogP contribution < -0.4 is 10.6 Å². The molecule has 136 valence electrons. The van der Waals surface area contributed by atoms with E-state index in [0.717, 1.165) is 32.1 Å². The lowest BCUT2D eigenvalue weighted by molar-refractivity contribution is -0.145. The van der Waals surface area contributed by atoms with Gasteiger partial charge in [0.25, 0.3) is 0 Å². The van der Waals surface area contributed by atoms with Crippen molar-refractivity contribution in [2.45, 2.75) is 52.4 Å². The second-order valence-corrected chi connectivity index (χ2v) is 7.04. The summed E-state index contributed by atoms with van der Waals surface area (Å²) in [6, 6.07) is 6.80. The molecule has 0 unspecified atom stereocenters. The third-order valence-corrected chi connectivity index (χ3v) is 5.01. The molecular formula is C19H26N2O4. The Kier molecular flexibility index (Phi) is 6.17. The molecule has 1 aliphatic carbocycles. The van der Waals surface area contributed by atoms with E-state index in [-0.39, 0.29) is 24.2 Å². The molecule has 1 saturated carbocycles. The lowest BCUT2D eigenvalue weighted by Gasteiger charge is -2.37. The number of nitrogens with one attached hydrogen (secondary N) is 2. The van der Waals surface area contributed by atoms with Crippen LogP contribution in [0.25, 0.3) is 0 Å². The zero-order valence-corrected chi connectivity index (χ0v) is 14.8. The predicted octanol–water partition coefficient (Wildman–Crippen LogP) is 3.64. The number of benzene rings is 1. The van der Waals surface area contributed by atoms with E-state index in [0.29, 0.717) is 11.4 Å². The number of amides is 2. The first kappa shape index (κ1) is 19.0. The molecule has 0 aliphatic heterocycles. The molecule has 6 nitrogen and oxygen atoms in total. The fourth-order valence-electron chi connectivity index (χ4n) is 3.58. The van der Waals surface area contributed by atoms with Crippen molar-refractivity contribution in [3.8, 4) is 0 Å². The summed E-state index contributed by atoms with van der Waals surface area (Å²) >= 11 is 0. The molecule has 1 aromatic rings. The first-order chi connectivity index (χ1) is 11.8. The Bertz CT molecular complexity index is 635. The molecule has 1 aromatic carbocycles. The van der Waals surface area contributed by atoms with Gasteiger partial charge in [-0.2, -0.15) is 0 Å². The summed E-state index contributed by atoms with van der Waals surface area (Å²) in [7, 11) is 0. The normalized spacial score (nSPS) is 17.4. The first-order valence-electron chi connectivity index (χ1n) is 8.72. The smallest absolute Gasteiger partial charge is 0.304 e. The van der Waals surface area contributed by atoms with Crippen LogP contribution in [0.5, 0.6) is 0 Å². The highest BCUT2D eigenvalue weighted by molar-refractivity contribution is 5.97. The molecule has 1 fully saturated rings. The fraction of sp³-hybridized carbons (Fsp3) is 0.526. The number of carbonyl (C=O) groups is 3. The van der Waals surface area contributed by atoms with Crippen molar-refractivity contribution in [3.63, 3.8) is 0 Å². The quantitative estimate of drug-likeness (QED) is 0.733. The van der Waals surface area contributed by atoms with Gasteiger partial charge in [-0.25, -0.2) is 0 Å². The van der Waals surface area contributed by atoms with E-state index in [9.17, 15) is 19.5 Å². The van der Waals surface area contributed by atoms with E-state index >= 15 is 0 Å². The van der Waals surface area contributed by atoms with E-state index in [2.05, 4.69) is 10.6 Å². The number of hydrogen-bond acceptors (Lipinski definition) is 3. The van der Waals surface area contributed by atoms with Gasteiger partial charge in [0.2, 0.25) is 11.8 Å². The molecule has 25 heavy (non-hydrogen) atoms. The summed E-state index contributed by atoms with van der Waals surface area (Å²) in [5.41, 5.74) is 0.306. The van der Waals surface area contributed by atoms with Gasteiger partial charge in [-0.3, -0.25) is 14.4 Å². The SMILES string of the molecule is CC(=O)Nc1ccc(NC(=O)[C@](C)(CC(=O)O)C2CCCCC2)cc1. The zero-order valence-electron chi connectivity index (χ0n) is 14.8. The van der Waals surface area contributed by atoms with Crippen LogP contribution in [0.1, 0.15) is 52.4 Å². The van der Waals surface area contributed by atoms with Crippen molar-refractivity contribution in [1.82, 2.24) is 0 Å². The van der Waals surface area contributed by atoms with Crippen LogP contribution in [0.2, 0.25) is 0 Å². The van der Waals surface area contributed by atoms with Crippen molar-refractivity contribution < 1.29 is 19.5 Å². The van der Waals surface area contributed by atoms with Crippen LogP contribution in [-0.4, -0.2) is 22.9 Å². The summed E-state index contributed by atoms with van der Waals surface area (Å²) < 4.78 is 0. The molecule has 2 rings (SSSR count). The van der Waals surface area contributed by atoms with Gasteiger partial charge in [-0.05, 0) is 49.9 Å². The standard InChI is InChI=1S/C19H26N2O4/c1-13(22)20-15-8-10-16(11-9-15)21-18(25)19(2,12-17(23)24)14-6-4-3-5-7-14/h8-11,14H,3-7,12H2,1-2H3,(H,20,22)(H,21,25)(H,23,24)/t19-/m1/s1. The molecular weight excluding hydrogens is 320 g/mol. The third kappa shape index (κ3) is 5.05. The maximum atomic E-state index is 12.9. The second kappa shape index (κ2) is 8.14. The topological polar surface area (TPSA) is 95.5 Å². The van der Waals surface area contributed by atoms with Gasteiger partial charge >= 0.3 is 5.97 Å². The van der Waals surface area contributed by atoms with E-state index in [1.54, 1.807) is 31.2 Å². The minimum absolute atomic E-state index is 0.0796. The van der Waals surface area contributed by atoms with Crippen LogP contribution >= 0.6 is 0 Å². The number of rotatable bonds is 6. The van der Waals surface area contributed by atoms with E-state index < -0.39 is 11.4 Å². The van der Waals surface area contributed by atoms with E-state index in [1.807, 2.05) is 0 Å². The molecule has 0 spiro atoms. The largest absolute Gasteiger partial charge is 0.481 e. The van der Waals surface area contributed by atoms with Gasteiger partial charge in [-0.1, -0.05) is 19.3 Å². The van der Waals surface area contributed by atoms with Gasteiger partial charge in [0.05, 0.1) is 11.8 Å². The van der Waals surface area contributed by atoms with Crippen LogP contribution in [0, 0.1) is 11.3 Å². The Morgan fingerprint density at radius 3 is 2.04 bits per heavy atom. The van der Waals surface area contributed by atoms with Crippen molar-refractivity contribution in [2.75, 3.05) is 10.6 Å². The predicted molar refractivity (Wildman–Crippen MR) is 96.3 cm³/mol. The Morgan fingerprint density at radius 1 is 1.04 bits per heavy atom. The molecule has 3 N–H and O–H groups in total. The maximum absolute atomic E-state index is 12.9. The minimum Gasteiger partial charge on any atom is -0.481 e. The number of carboxylic acids is 1. The third-order valence-electron chi connectivity index (χ3n) is 5.01. The Labute approximate surface area is 148 Å². The summed E-state index contributed by atoms with van der Waals surface area (Å²) in [6.45, 7) is 3.19. The van der Waals surface area contributed by atoms with Gasteiger partial charge in [0, 0.05) is 18.3 Å². The lowest BCUT2D eigenvalue weighted by Crippen LogP contribution is -2.42. The molecule has 0 heterocycles. The summed E-state index contributed by atoms with van der Waals surface area (Å²) in [4.78, 5) is 35.3. The summed E-state index contributed by atoms with van der Waals surface area (Å²) in [5.74, 6) is -1.29. The molecule has 2 amide bonds. The number of carbonyl (C=O) groups excluding carboxylic acids is 2. The molecule has 0 aromatic heterocycles. The highest BCUT2D eigenvalue weighted by Crippen LogP contribution is 2.42. The Balaban J connectivity index is 2.13. The Hall–Kier alpha value is -2.37. The van der Waals surface area contributed by atoms with Crippen molar-refractivity contribution >= 4 is 29.2 Å². The van der Waals surface area contributed by atoms with E-state index in [1.165, 1.54) is 6.92 Å². The number of hydrogen-bond donors (Lipinski definition) is 3. The number of anilines is 2. The van der Waals surface area contributed by atoms with Crippen molar-refractivity contribution in [2.24, 2.45) is 11.3 Å². The highest BCUT2D eigenvalue weighted by atomic mass is 16.4. The molecule has 1 aliphatic rings. The summed E-state index contributed by atoms with van der Waals surface area (Å²) in [5, 5.41) is 14.8. The molecule has 0 bridgehead atoms. The average Bonchev–Trinajstić information content (AvgIpc) is 2.56. The molecule has 0 saturated heterocycles. The van der Waals surface area contributed by atoms with Crippen LogP contribution in [0.3, 0.4) is 0 Å². The second-order valence-electron chi connectivity index (χ2n) is 7.04. The van der Waals surface area contributed by atoms with E-state index in [4.69, 9.17) is 0 Å². The van der Waals surface area contributed by atoms with Gasteiger partial charge in [-0.15, -0.1) is 0 Å². The number of carboxylic acid groups (broad SMARTS) is 1. The zero-order chi connectivity index (χ0) is 18.4. The first-order valence-corrected chi connectivity index (χ1v) is 8.72. The minimum atomic E-state index is -0.954. The van der Waals surface area contributed by atoms with Crippen LogP contribution in [0.4, 0.5) is 11.4 Å². The summed E-state index contributed by atoms with van der Waals surface area (Å²) in [6.07, 6.45) is 4.83. The van der Waals surface area contributed by atoms with Gasteiger partial charge < -0.3 is 15.7 Å². The van der Waals surface area contributed by atoms with Crippen LogP contribution in [0.15, 0.2) is 24.3 Å². The van der Waals surface area contributed by atoms with Gasteiger partial charge in [0.1, 0.15) is 0 Å². The molecule has 1 atom stereocenters. The number of aliphatic carboxylic acids is 1. The maximum Gasteiger partial charge on any atom is 0.304 e. The molecule has 0 radical (unpaired) electrons. The van der Waals surface area contributed by atoms with Crippen molar-refractivity contribution in [3.05, 3.63) is 24.3 Å².